The van der Waals surface area contributed by atoms with Crippen molar-refractivity contribution >= 4 is 60.5 Å². The van der Waals surface area contributed by atoms with E-state index in [0.29, 0.717) is 0 Å². The van der Waals surface area contributed by atoms with Crippen LogP contribution in [0.3, 0.4) is 0 Å². The minimum Gasteiger partial charge on any atom is -0.456 e. The lowest BCUT2D eigenvalue weighted by Crippen LogP contribution is -2.11. The number of hydrogen-bond acceptors (Lipinski definition) is 2. The Bertz CT molecular complexity index is 2890. The van der Waals surface area contributed by atoms with Crippen molar-refractivity contribution in [2.75, 3.05) is 4.90 Å². The molecule has 2 heteroatoms. The van der Waals surface area contributed by atoms with Crippen molar-refractivity contribution in [1.29, 1.82) is 0 Å². The van der Waals surface area contributed by atoms with Gasteiger partial charge in [-0.3, -0.25) is 0 Å². The van der Waals surface area contributed by atoms with Crippen LogP contribution < -0.4 is 4.90 Å². The molecule has 52 heavy (non-hydrogen) atoms. The third-order valence-electron chi connectivity index (χ3n) is 10.3. The van der Waals surface area contributed by atoms with Crippen LogP contribution in [-0.4, -0.2) is 0 Å². The van der Waals surface area contributed by atoms with Gasteiger partial charge in [-0.2, -0.15) is 0 Å². The number of nitrogens with zero attached hydrogens (tertiary/aromatic N) is 1. The van der Waals surface area contributed by atoms with Gasteiger partial charge in [0.1, 0.15) is 11.2 Å². The highest BCUT2D eigenvalue weighted by Crippen LogP contribution is 2.46. The van der Waals surface area contributed by atoms with E-state index >= 15 is 0 Å². The number of fused-ring (bicyclic) bond motifs is 5. The summed E-state index contributed by atoms with van der Waals surface area (Å²) in [6.45, 7) is 0. The van der Waals surface area contributed by atoms with Crippen LogP contribution in [0.5, 0.6) is 0 Å². The summed E-state index contributed by atoms with van der Waals surface area (Å²) >= 11 is 0. The topological polar surface area (TPSA) is 16.4 Å². The van der Waals surface area contributed by atoms with Gasteiger partial charge in [-0.1, -0.05) is 158 Å². The summed E-state index contributed by atoms with van der Waals surface area (Å²) in [7, 11) is 0. The van der Waals surface area contributed by atoms with E-state index in [2.05, 4.69) is 193 Å². The van der Waals surface area contributed by atoms with Crippen LogP contribution in [0.25, 0.3) is 76.9 Å². The lowest BCUT2D eigenvalue weighted by molar-refractivity contribution is 0.669. The first-order valence-corrected chi connectivity index (χ1v) is 17.8. The van der Waals surface area contributed by atoms with Gasteiger partial charge in [-0.15, -0.1) is 0 Å². The van der Waals surface area contributed by atoms with Crippen molar-refractivity contribution in [1.82, 2.24) is 0 Å². The second-order valence-electron chi connectivity index (χ2n) is 13.3. The number of benzene rings is 9. The fourth-order valence-electron chi connectivity index (χ4n) is 7.87. The van der Waals surface area contributed by atoms with Crippen molar-refractivity contribution in [3.8, 4) is 33.4 Å². The van der Waals surface area contributed by atoms with Crippen molar-refractivity contribution in [2.24, 2.45) is 0 Å². The zero-order valence-corrected chi connectivity index (χ0v) is 28.4. The second-order valence-corrected chi connectivity index (χ2v) is 13.3. The van der Waals surface area contributed by atoms with Gasteiger partial charge in [0.2, 0.25) is 0 Å². The van der Waals surface area contributed by atoms with Gasteiger partial charge in [0.15, 0.2) is 0 Å². The molecule has 0 saturated heterocycles. The molecule has 2 nitrogen and oxygen atoms in total. The first-order chi connectivity index (χ1) is 25.8. The van der Waals surface area contributed by atoms with Crippen LogP contribution in [0, 0.1) is 0 Å². The summed E-state index contributed by atoms with van der Waals surface area (Å²) in [6, 6.07) is 71.7. The lowest BCUT2D eigenvalue weighted by atomic mass is 9.90. The molecular formula is C50H33NO. The molecule has 10 rings (SSSR count). The van der Waals surface area contributed by atoms with Gasteiger partial charge in [-0.25, -0.2) is 0 Å². The van der Waals surface area contributed by atoms with Gasteiger partial charge in [-0.05, 0) is 85.8 Å². The maximum absolute atomic E-state index is 6.44. The normalized spacial score (nSPS) is 11.5. The quantitative estimate of drug-likeness (QED) is 0.176. The average Bonchev–Trinajstić information content (AvgIpc) is 3.59. The van der Waals surface area contributed by atoms with Gasteiger partial charge in [0.05, 0.1) is 5.69 Å². The highest BCUT2D eigenvalue weighted by molar-refractivity contribution is 6.10. The molecule has 0 N–H and O–H groups in total. The van der Waals surface area contributed by atoms with E-state index in [9.17, 15) is 0 Å². The maximum atomic E-state index is 6.44. The zero-order valence-electron chi connectivity index (χ0n) is 28.4. The Hall–Kier alpha value is -6.90. The second kappa shape index (κ2) is 12.5. The minimum atomic E-state index is 0.866. The Balaban J connectivity index is 1.19. The molecule has 0 amide bonds. The summed E-state index contributed by atoms with van der Waals surface area (Å²) < 4.78 is 6.44. The highest BCUT2D eigenvalue weighted by atomic mass is 16.3. The number of para-hydroxylation sites is 2. The van der Waals surface area contributed by atoms with Crippen molar-refractivity contribution in [3.05, 3.63) is 200 Å². The monoisotopic (exact) mass is 663 g/mol. The average molecular weight is 664 g/mol. The summed E-state index contributed by atoms with van der Waals surface area (Å²) in [4.78, 5) is 2.37. The van der Waals surface area contributed by atoms with Crippen molar-refractivity contribution in [3.63, 3.8) is 0 Å². The van der Waals surface area contributed by atoms with Gasteiger partial charge >= 0.3 is 0 Å². The summed E-state index contributed by atoms with van der Waals surface area (Å²) in [5.74, 6) is 0. The van der Waals surface area contributed by atoms with Crippen molar-refractivity contribution < 1.29 is 4.42 Å². The molecule has 0 spiro atoms. The molecule has 10 aromatic rings. The molecular weight excluding hydrogens is 631 g/mol. The molecule has 0 atom stereocenters. The molecule has 1 aromatic heterocycles. The smallest absolute Gasteiger partial charge is 0.137 e. The van der Waals surface area contributed by atoms with Crippen molar-refractivity contribution in [2.45, 2.75) is 0 Å². The van der Waals surface area contributed by atoms with E-state index in [-0.39, 0.29) is 0 Å². The molecule has 0 bridgehead atoms. The van der Waals surface area contributed by atoms with Crippen LogP contribution in [-0.2, 0) is 0 Å². The van der Waals surface area contributed by atoms with E-state index < -0.39 is 0 Å². The summed E-state index contributed by atoms with van der Waals surface area (Å²) in [5.41, 5.74) is 12.1. The van der Waals surface area contributed by atoms with E-state index in [4.69, 9.17) is 4.42 Å². The molecule has 9 aromatic carbocycles. The number of rotatable bonds is 6. The molecule has 1 heterocycles. The molecule has 244 valence electrons. The Morgan fingerprint density at radius 1 is 0.327 bits per heavy atom. The first kappa shape index (κ1) is 30.0. The molecule has 0 unspecified atom stereocenters. The van der Waals surface area contributed by atoms with Crippen LogP contribution in [0.4, 0.5) is 17.1 Å². The number of hydrogen-bond donors (Lipinski definition) is 0. The Morgan fingerprint density at radius 2 is 0.904 bits per heavy atom. The molecule has 0 aliphatic heterocycles. The van der Waals surface area contributed by atoms with E-state index in [1.54, 1.807) is 0 Å². The lowest BCUT2D eigenvalue weighted by Gasteiger charge is -2.28. The number of furan rings is 1. The maximum Gasteiger partial charge on any atom is 0.137 e. The standard InChI is InChI=1S/C50H33NO/c1-2-13-35(14-3-1)42-23-11-17-37-18-12-24-46(50(37)42)43-20-6-8-25-47(43)51(39-31-32-45-44-21-7-9-26-48(44)52-49(45)33-39)38-29-27-36(28-30-38)41-22-10-16-34-15-4-5-19-40(34)41/h1-33H. The largest absolute Gasteiger partial charge is 0.456 e. The Kier molecular flexibility index (Phi) is 7.18. The highest BCUT2D eigenvalue weighted by Gasteiger charge is 2.21. The zero-order chi connectivity index (χ0) is 34.4. The summed E-state index contributed by atoms with van der Waals surface area (Å²) in [6.07, 6.45) is 0. The predicted octanol–water partition coefficient (Wildman–Crippen LogP) is 14.4. The fourth-order valence-corrected chi connectivity index (χ4v) is 7.87. The Morgan fingerprint density at radius 3 is 1.75 bits per heavy atom. The van der Waals surface area contributed by atoms with Crippen LogP contribution in [0.1, 0.15) is 0 Å². The fraction of sp³-hybridized carbons (Fsp3) is 0. The van der Waals surface area contributed by atoms with Crippen LogP contribution in [0.15, 0.2) is 205 Å². The third-order valence-corrected chi connectivity index (χ3v) is 10.3. The van der Waals surface area contributed by atoms with Gasteiger partial charge in [0.25, 0.3) is 0 Å². The van der Waals surface area contributed by atoms with Gasteiger partial charge < -0.3 is 9.32 Å². The minimum absolute atomic E-state index is 0.866. The summed E-state index contributed by atoms with van der Waals surface area (Å²) in [5, 5.41) is 7.18. The molecule has 0 aliphatic rings. The molecule has 0 saturated carbocycles. The first-order valence-electron chi connectivity index (χ1n) is 17.8. The third kappa shape index (κ3) is 5.04. The van der Waals surface area contributed by atoms with E-state index in [1.165, 1.54) is 49.4 Å². The predicted molar refractivity (Wildman–Crippen MR) is 220 cm³/mol. The molecule has 0 radical (unpaired) electrons. The Labute approximate surface area is 302 Å². The SMILES string of the molecule is c1ccc(-c2cccc3cccc(-c4ccccc4N(c4ccc(-c5cccc6ccccc56)cc4)c4ccc5c(c4)oc4ccccc45)c23)cc1. The van der Waals surface area contributed by atoms with E-state index in [1.807, 2.05) is 12.1 Å². The number of anilines is 3. The molecule has 0 aliphatic carbocycles. The van der Waals surface area contributed by atoms with E-state index in [0.717, 1.165) is 44.6 Å². The molecule has 0 fully saturated rings. The van der Waals surface area contributed by atoms with Crippen LogP contribution >= 0.6 is 0 Å². The van der Waals surface area contributed by atoms with Crippen LogP contribution in [0.2, 0.25) is 0 Å². The van der Waals surface area contributed by atoms with Gasteiger partial charge in [0, 0.05) is 33.8 Å².